The highest BCUT2D eigenvalue weighted by Crippen LogP contribution is 2.10. The van der Waals surface area contributed by atoms with Gasteiger partial charge >= 0.3 is 0 Å². The van der Waals surface area contributed by atoms with Crippen molar-refractivity contribution >= 4 is 11.8 Å². The summed E-state index contributed by atoms with van der Waals surface area (Å²) in [5, 5.41) is 2.90. The predicted octanol–water partition coefficient (Wildman–Crippen LogP) is 2.90. The van der Waals surface area contributed by atoms with Crippen LogP contribution in [0.25, 0.3) is 0 Å². The molecule has 0 bridgehead atoms. The minimum absolute atomic E-state index is 0.137. The monoisotopic (exact) mass is 390 g/mol. The summed E-state index contributed by atoms with van der Waals surface area (Å²) < 4.78 is 2.07. The van der Waals surface area contributed by atoms with E-state index in [-0.39, 0.29) is 11.8 Å². The maximum Gasteiger partial charge on any atom is 0.251 e. The average molecular weight is 390 g/mol. The molecule has 150 valence electrons. The quantitative estimate of drug-likeness (QED) is 0.643. The summed E-state index contributed by atoms with van der Waals surface area (Å²) in [4.78, 5) is 31.6. The lowest BCUT2D eigenvalue weighted by molar-refractivity contribution is -0.132. The fraction of sp³-hybridized carbons (Fsp3) is 0.261. The van der Waals surface area contributed by atoms with Gasteiger partial charge in [-0.05, 0) is 42.3 Å². The molecule has 0 aliphatic heterocycles. The highest BCUT2D eigenvalue weighted by atomic mass is 16.2. The fourth-order valence-corrected chi connectivity index (χ4v) is 3.18. The van der Waals surface area contributed by atoms with Crippen molar-refractivity contribution in [3.8, 4) is 0 Å². The first-order valence-electron chi connectivity index (χ1n) is 9.71. The highest BCUT2D eigenvalue weighted by molar-refractivity contribution is 5.97. The van der Waals surface area contributed by atoms with Gasteiger partial charge in [0.2, 0.25) is 5.91 Å². The maximum atomic E-state index is 13.2. The van der Waals surface area contributed by atoms with E-state index < -0.39 is 6.04 Å². The number of rotatable bonds is 8. The van der Waals surface area contributed by atoms with E-state index in [0.29, 0.717) is 18.5 Å². The molecule has 2 aromatic heterocycles. The Morgan fingerprint density at radius 3 is 2.55 bits per heavy atom. The first kappa shape index (κ1) is 20.3. The summed E-state index contributed by atoms with van der Waals surface area (Å²) in [5.41, 5.74) is 2.47. The van der Waals surface area contributed by atoms with Gasteiger partial charge < -0.3 is 14.8 Å². The van der Waals surface area contributed by atoms with E-state index in [0.717, 1.165) is 17.7 Å². The van der Waals surface area contributed by atoms with Crippen LogP contribution in [0.5, 0.6) is 0 Å². The lowest BCUT2D eigenvalue weighted by Gasteiger charge is -2.24. The van der Waals surface area contributed by atoms with Gasteiger partial charge in [-0.2, -0.15) is 0 Å². The van der Waals surface area contributed by atoms with Gasteiger partial charge in [0.25, 0.3) is 5.91 Å². The smallest absolute Gasteiger partial charge is 0.251 e. The number of benzene rings is 1. The van der Waals surface area contributed by atoms with Gasteiger partial charge in [0, 0.05) is 56.9 Å². The predicted molar refractivity (Wildman–Crippen MR) is 112 cm³/mol. The normalized spacial score (nSPS) is 11.7. The van der Waals surface area contributed by atoms with Crippen LogP contribution in [0.15, 0.2) is 73.3 Å². The third kappa shape index (κ3) is 5.54. The number of nitrogens with one attached hydrogen (secondary N) is 1. The summed E-state index contributed by atoms with van der Waals surface area (Å²) >= 11 is 0. The van der Waals surface area contributed by atoms with Gasteiger partial charge in [-0.3, -0.25) is 14.6 Å². The Labute approximate surface area is 171 Å². The number of pyridine rings is 1. The maximum absolute atomic E-state index is 13.2. The van der Waals surface area contributed by atoms with E-state index in [9.17, 15) is 9.59 Å². The molecular weight excluding hydrogens is 364 g/mol. The Morgan fingerprint density at radius 1 is 1.10 bits per heavy atom. The Morgan fingerprint density at radius 2 is 1.90 bits per heavy atom. The zero-order valence-electron chi connectivity index (χ0n) is 16.8. The molecule has 3 rings (SSSR count). The Bertz CT molecular complexity index is 938. The molecule has 0 aliphatic carbocycles. The van der Waals surface area contributed by atoms with Crippen molar-refractivity contribution < 1.29 is 9.59 Å². The Hall–Kier alpha value is -3.41. The number of aryl methyl sites for hydroxylation is 1. The molecule has 0 saturated heterocycles. The van der Waals surface area contributed by atoms with Gasteiger partial charge in [-0.15, -0.1) is 0 Å². The van der Waals surface area contributed by atoms with Crippen LogP contribution >= 0.6 is 0 Å². The molecule has 1 aromatic carbocycles. The van der Waals surface area contributed by atoms with Crippen molar-refractivity contribution in [1.82, 2.24) is 19.8 Å². The standard InChI is InChI=1S/C23H26N4O2/c1-3-27-13-11-19(17-27)16-26(2)23(29)21(14-18-8-7-12-24-15-18)25-22(28)20-9-5-4-6-10-20/h4-13,15,17,21H,3,14,16H2,1-2H3,(H,25,28). The van der Waals surface area contributed by atoms with Crippen molar-refractivity contribution in [2.24, 2.45) is 0 Å². The number of hydrogen-bond donors (Lipinski definition) is 1. The van der Waals surface area contributed by atoms with Gasteiger partial charge in [0.05, 0.1) is 0 Å². The van der Waals surface area contributed by atoms with Crippen LogP contribution in [0, 0.1) is 0 Å². The van der Waals surface area contributed by atoms with E-state index in [4.69, 9.17) is 0 Å². The molecule has 2 heterocycles. The van der Waals surface area contributed by atoms with Crippen molar-refractivity contribution in [2.45, 2.75) is 32.5 Å². The first-order valence-corrected chi connectivity index (χ1v) is 9.71. The van der Waals surface area contributed by atoms with Crippen LogP contribution in [0.1, 0.15) is 28.4 Å². The van der Waals surface area contributed by atoms with Crippen LogP contribution in [0.3, 0.4) is 0 Å². The minimum atomic E-state index is -0.676. The summed E-state index contributed by atoms with van der Waals surface area (Å²) in [6.07, 6.45) is 7.82. The summed E-state index contributed by atoms with van der Waals surface area (Å²) in [5.74, 6) is -0.402. The van der Waals surface area contributed by atoms with E-state index in [1.807, 2.05) is 36.7 Å². The van der Waals surface area contributed by atoms with E-state index >= 15 is 0 Å². The van der Waals surface area contributed by atoms with E-state index in [1.165, 1.54) is 0 Å². The average Bonchev–Trinajstić information content (AvgIpc) is 3.21. The zero-order chi connectivity index (χ0) is 20.6. The third-order valence-corrected chi connectivity index (χ3v) is 4.77. The molecule has 2 amide bonds. The zero-order valence-corrected chi connectivity index (χ0v) is 16.8. The second kappa shape index (κ2) is 9.68. The molecule has 0 fully saturated rings. The lowest BCUT2D eigenvalue weighted by Crippen LogP contribution is -2.48. The van der Waals surface area contributed by atoms with Crippen LogP contribution in [-0.2, 0) is 24.3 Å². The fourth-order valence-electron chi connectivity index (χ4n) is 3.18. The molecule has 6 nitrogen and oxygen atoms in total. The molecule has 0 aliphatic rings. The van der Waals surface area contributed by atoms with Crippen LogP contribution in [0.2, 0.25) is 0 Å². The number of aromatic nitrogens is 2. The minimum Gasteiger partial charge on any atom is -0.354 e. The SMILES string of the molecule is CCn1ccc(CN(C)C(=O)C(Cc2cccnc2)NC(=O)c2ccccc2)c1. The molecule has 29 heavy (non-hydrogen) atoms. The molecule has 0 spiro atoms. The largest absolute Gasteiger partial charge is 0.354 e. The van der Waals surface area contributed by atoms with E-state index in [1.54, 1.807) is 48.6 Å². The lowest BCUT2D eigenvalue weighted by atomic mass is 10.1. The van der Waals surface area contributed by atoms with Crippen molar-refractivity contribution in [3.05, 3.63) is 90.0 Å². The van der Waals surface area contributed by atoms with Crippen LogP contribution < -0.4 is 5.32 Å². The molecule has 1 N–H and O–H groups in total. The molecular formula is C23H26N4O2. The topological polar surface area (TPSA) is 67.2 Å². The van der Waals surface area contributed by atoms with Crippen molar-refractivity contribution in [2.75, 3.05) is 7.05 Å². The van der Waals surface area contributed by atoms with Gasteiger partial charge in [0.15, 0.2) is 0 Å². The van der Waals surface area contributed by atoms with Crippen molar-refractivity contribution in [3.63, 3.8) is 0 Å². The first-order chi connectivity index (χ1) is 14.1. The Kier molecular flexibility index (Phi) is 6.79. The number of carbonyl (C=O) groups is 2. The highest BCUT2D eigenvalue weighted by Gasteiger charge is 2.25. The van der Waals surface area contributed by atoms with Gasteiger partial charge in [-0.1, -0.05) is 24.3 Å². The van der Waals surface area contributed by atoms with Gasteiger partial charge in [-0.25, -0.2) is 0 Å². The number of nitrogens with zero attached hydrogens (tertiary/aromatic N) is 3. The third-order valence-electron chi connectivity index (χ3n) is 4.77. The number of hydrogen-bond acceptors (Lipinski definition) is 3. The number of amides is 2. The summed E-state index contributed by atoms with van der Waals surface area (Å²) in [6.45, 7) is 3.44. The molecule has 0 saturated carbocycles. The molecule has 1 unspecified atom stereocenters. The van der Waals surface area contributed by atoms with Crippen LogP contribution in [-0.4, -0.2) is 39.4 Å². The summed E-state index contributed by atoms with van der Waals surface area (Å²) in [7, 11) is 1.76. The molecule has 6 heteroatoms. The van der Waals surface area contributed by atoms with E-state index in [2.05, 4.69) is 21.8 Å². The molecule has 1 atom stereocenters. The Balaban J connectivity index is 1.75. The molecule has 0 radical (unpaired) electrons. The second-order valence-electron chi connectivity index (χ2n) is 7.00. The van der Waals surface area contributed by atoms with Crippen LogP contribution in [0.4, 0.5) is 0 Å². The summed E-state index contributed by atoms with van der Waals surface area (Å²) in [6, 6.07) is 14.0. The van der Waals surface area contributed by atoms with Gasteiger partial charge in [0.1, 0.15) is 6.04 Å². The molecule has 3 aromatic rings. The second-order valence-corrected chi connectivity index (χ2v) is 7.00. The van der Waals surface area contributed by atoms with Crippen molar-refractivity contribution in [1.29, 1.82) is 0 Å². The number of likely N-dealkylation sites (N-methyl/N-ethyl adjacent to an activating group) is 1. The number of carbonyl (C=O) groups excluding carboxylic acids is 2.